The second-order valence-corrected chi connectivity index (χ2v) is 7.31. The molecule has 4 nitrogen and oxygen atoms in total. The summed E-state index contributed by atoms with van der Waals surface area (Å²) in [6.45, 7) is 0. The van der Waals surface area contributed by atoms with E-state index in [4.69, 9.17) is 26.2 Å². The van der Waals surface area contributed by atoms with Crippen LogP contribution in [0.25, 0.3) is 0 Å². The van der Waals surface area contributed by atoms with Crippen molar-refractivity contribution < 1.29 is 9.47 Å². The Morgan fingerprint density at radius 3 is 2.43 bits per heavy atom. The molecule has 0 fully saturated rings. The zero-order chi connectivity index (χ0) is 19.1. The standard InChI is InChI=1S/C23H19ClN2O2/c1-27-16-12-10-15(11-13-16)20-14-21-18-7-3-5-9-22(18)28-23(26(21)25-20)17-6-2-4-8-19(17)24/h2-13,21,23H,14H2,1H3/t21-,23-/m1/s1. The number of ether oxygens (including phenoxy) is 2. The fourth-order valence-corrected chi connectivity index (χ4v) is 4.10. The molecule has 0 saturated heterocycles. The van der Waals surface area contributed by atoms with E-state index in [1.807, 2.05) is 71.7 Å². The highest BCUT2D eigenvalue weighted by molar-refractivity contribution is 6.31. The van der Waals surface area contributed by atoms with Gasteiger partial charge in [0.1, 0.15) is 11.5 Å². The summed E-state index contributed by atoms with van der Waals surface area (Å²) in [5, 5.41) is 7.68. The number of methoxy groups -OCH3 is 1. The smallest absolute Gasteiger partial charge is 0.215 e. The van der Waals surface area contributed by atoms with Gasteiger partial charge < -0.3 is 9.47 Å². The molecule has 0 spiro atoms. The maximum Gasteiger partial charge on any atom is 0.215 e. The largest absolute Gasteiger partial charge is 0.497 e. The maximum absolute atomic E-state index is 6.49. The summed E-state index contributed by atoms with van der Waals surface area (Å²) in [5.74, 6) is 1.72. The molecule has 2 aliphatic rings. The number of rotatable bonds is 3. The molecule has 5 rings (SSSR count). The topological polar surface area (TPSA) is 34.1 Å². The molecule has 5 heteroatoms. The van der Waals surface area contributed by atoms with Gasteiger partial charge in [-0.1, -0.05) is 48.0 Å². The van der Waals surface area contributed by atoms with E-state index in [1.165, 1.54) is 0 Å². The van der Waals surface area contributed by atoms with Gasteiger partial charge >= 0.3 is 0 Å². The first-order chi connectivity index (χ1) is 13.7. The predicted molar refractivity (Wildman–Crippen MR) is 110 cm³/mol. The van der Waals surface area contributed by atoms with E-state index < -0.39 is 0 Å². The van der Waals surface area contributed by atoms with Gasteiger partial charge in [-0.2, -0.15) is 5.10 Å². The summed E-state index contributed by atoms with van der Waals surface area (Å²) >= 11 is 6.49. The van der Waals surface area contributed by atoms with Gasteiger partial charge in [-0.15, -0.1) is 0 Å². The first-order valence-corrected chi connectivity index (χ1v) is 9.62. The summed E-state index contributed by atoms with van der Waals surface area (Å²) in [4.78, 5) is 0. The highest BCUT2D eigenvalue weighted by Crippen LogP contribution is 2.48. The van der Waals surface area contributed by atoms with Crippen LogP contribution in [0.5, 0.6) is 11.5 Å². The second kappa shape index (κ2) is 6.88. The van der Waals surface area contributed by atoms with E-state index in [9.17, 15) is 0 Å². The van der Waals surface area contributed by atoms with Crippen LogP contribution in [-0.2, 0) is 0 Å². The average Bonchev–Trinajstić information content (AvgIpc) is 3.19. The van der Waals surface area contributed by atoms with Crippen LogP contribution in [0.1, 0.15) is 35.4 Å². The van der Waals surface area contributed by atoms with Crippen molar-refractivity contribution in [3.05, 3.63) is 94.5 Å². The van der Waals surface area contributed by atoms with Crippen LogP contribution in [0, 0.1) is 0 Å². The highest BCUT2D eigenvalue weighted by atomic mass is 35.5. The molecule has 0 radical (unpaired) electrons. The number of halogens is 1. The van der Waals surface area contributed by atoms with Crippen LogP contribution in [0.15, 0.2) is 77.9 Å². The summed E-state index contributed by atoms with van der Waals surface area (Å²) in [6, 6.07) is 24.1. The van der Waals surface area contributed by atoms with Gasteiger partial charge in [0.05, 0.1) is 18.9 Å². The summed E-state index contributed by atoms with van der Waals surface area (Å²) in [5.41, 5.74) is 4.19. The lowest BCUT2D eigenvalue weighted by molar-refractivity contribution is -0.0189. The third-order valence-corrected chi connectivity index (χ3v) is 5.64. The molecule has 0 aliphatic carbocycles. The number of hydrogen-bond donors (Lipinski definition) is 0. The molecule has 0 saturated carbocycles. The molecule has 0 unspecified atom stereocenters. The normalized spacial score (nSPS) is 20.1. The highest BCUT2D eigenvalue weighted by Gasteiger charge is 2.41. The van der Waals surface area contributed by atoms with Crippen molar-refractivity contribution >= 4 is 17.3 Å². The fourth-order valence-electron chi connectivity index (χ4n) is 3.87. The number of benzene rings is 3. The third kappa shape index (κ3) is 2.81. The average molecular weight is 391 g/mol. The summed E-state index contributed by atoms with van der Waals surface area (Å²) in [6.07, 6.45) is 0.456. The molecule has 0 N–H and O–H groups in total. The Labute approximate surface area is 169 Å². The van der Waals surface area contributed by atoms with Crippen LogP contribution in [0.4, 0.5) is 0 Å². The molecular formula is C23H19ClN2O2. The van der Waals surface area contributed by atoms with E-state index in [-0.39, 0.29) is 12.3 Å². The van der Waals surface area contributed by atoms with Gasteiger partial charge in [0.15, 0.2) is 0 Å². The van der Waals surface area contributed by atoms with Crippen molar-refractivity contribution in [1.29, 1.82) is 0 Å². The van der Waals surface area contributed by atoms with Crippen molar-refractivity contribution in [3.63, 3.8) is 0 Å². The van der Waals surface area contributed by atoms with E-state index in [0.29, 0.717) is 5.02 Å². The summed E-state index contributed by atoms with van der Waals surface area (Å²) in [7, 11) is 1.67. The Morgan fingerprint density at radius 1 is 0.964 bits per heavy atom. The van der Waals surface area contributed by atoms with Gasteiger partial charge in [0.25, 0.3) is 0 Å². The van der Waals surface area contributed by atoms with Crippen LogP contribution in [0.2, 0.25) is 5.02 Å². The lowest BCUT2D eigenvalue weighted by atomic mass is 9.96. The lowest BCUT2D eigenvalue weighted by Gasteiger charge is -2.38. The Hall–Kier alpha value is -2.98. The van der Waals surface area contributed by atoms with Crippen molar-refractivity contribution in [1.82, 2.24) is 5.01 Å². The monoisotopic (exact) mass is 390 g/mol. The Kier molecular flexibility index (Phi) is 4.21. The van der Waals surface area contributed by atoms with Crippen LogP contribution in [-0.4, -0.2) is 17.8 Å². The fraction of sp³-hybridized carbons (Fsp3) is 0.174. The zero-order valence-corrected chi connectivity index (χ0v) is 16.1. The number of fused-ring (bicyclic) bond motifs is 3. The van der Waals surface area contributed by atoms with Crippen LogP contribution >= 0.6 is 11.6 Å². The molecule has 140 valence electrons. The molecule has 3 aromatic rings. The van der Waals surface area contributed by atoms with Gasteiger partial charge in [-0.25, -0.2) is 5.01 Å². The molecule has 0 bridgehead atoms. The lowest BCUT2D eigenvalue weighted by Crippen LogP contribution is -2.33. The molecule has 3 aromatic carbocycles. The van der Waals surface area contributed by atoms with Crippen molar-refractivity contribution in [3.8, 4) is 11.5 Å². The Bertz CT molecular complexity index is 1050. The van der Waals surface area contributed by atoms with Crippen LogP contribution in [0.3, 0.4) is 0 Å². The minimum Gasteiger partial charge on any atom is -0.497 e. The van der Waals surface area contributed by atoms with Crippen molar-refractivity contribution in [2.75, 3.05) is 7.11 Å². The first kappa shape index (κ1) is 17.1. The quantitative estimate of drug-likeness (QED) is 0.584. The molecule has 2 heterocycles. The second-order valence-electron chi connectivity index (χ2n) is 6.90. The zero-order valence-electron chi connectivity index (χ0n) is 15.4. The summed E-state index contributed by atoms with van der Waals surface area (Å²) < 4.78 is 11.6. The molecular weight excluding hydrogens is 372 g/mol. The predicted octanol–water partition coefficient (Wildman–Crippen LogP) is 5.59. The molecule has 28 heavy (non-hydrogen) atoms. The number of hydrazone groups is 1. The maximum atomic E-state index is 6.49. The third-order valence-electron chi connectivity index (χ3n) is 5.29. The SMILES string of the molecule is COc1ccc(C2=NN3[C@H](C2)c2ccccc2O[C@@H]3c2ccccc2Cl)cc1. The van der Waals surface area contributed by atoms with Gasteiger partial charge in [0.2, 0.25) is 6.23 Å². The van der Waals surface area contributed by atoms with E-state index in [2.05, 4.69) is 6.07 Å². The van der Waals surface area contributed by atoms with E-state index in [0.717, 1.165) is 40.3 Å². The number of para-hydroxylation sites is 1. The van der Waals surface area contributed by atoms with Crippen molar-refractivity contribution in [2.45, 2.75) is 18.7 Å². The molecule has 2 aliphatic heterocycles. The van der Waals surface area contributed by atoms with Gasteiger partial charge in [-0.05, 0) is 42.0 Å². The van der Waals surface area contributed by atoms with E-state index in [1.54, 1.807) is 7.11 Å². The molecule has 0 amide bonds. The minimum atomic E-state index is -0.357. The van der Waals surface area contributed by atoms with Crippen molar-refractivity contribution in [2.24, 2.45) is 5.10 Å². The van der Waals surface area contributed by atoms with Crippen LogP contribution < -0.4 is 9.47 Å². The minimum absolute atomic E-state index is 0.114. The molecule has 2 atom stereocenters. The first-order valence-electron chi connectivity index (χ1n) is 9.25. The van der Waals surface area contributed by atoms with E-state index >= 15 is 0 Å². The Morgan fingerprint density at radius 2 is 1.68 bits per heavy atom. The number of hydrogen-bond acceptors (Lipinski definition) is 4. The Balaban J connectivity index is 1.58. The van der Waals surface area contributed by atoms with Gasteiger partial charge in [0, 0.05) is 22.6 Å². The molecule has 0 aromatic heterocycles. The number of nitrogens with zero attached hydrogens (tertiary/aromatic N) is 2. The van der Waals surface area contributed by atoms with Gasteiger partial charge in [-0.3, -0.25) is 0 Å².